The number of aryl methyl sites for hydroxylation is 1. The van der Waals surface area contributed by atoms with Gasteiger partial charge in [0.2, 0.25) is 0 Å². The maximum atomic E-state index is 13.0. The fourth-order valence-electron chi connectivity index (χ4n) is 3.53. The monoisotopic (exact) mass is 326 g/mol. The number of halogens is 1. The lowest BCUT2D eigenvalue weighted by Gasteiger charge is -2.22. The molecule has 116 valence electrons. The molecule has 5 heteroatoms. The van der Waals surface area contributed by atoms with E-state index in [2.05, 4.69) is 5.32 Å². The third-order valence-electron chi connectivity index (χ3n) is 4.71. The highest BCUT2D eigenvalue weighted by atomic mass is 35.5. The van der Waals surface area contributed by atoms with Crippen LogP contribution in [0.25, 0.3) is 0 Å². The van der Waals surface area contributed by atoms with Crippen LogP contribution in [-0.4, -0.2) is 16.8 Å². The van der Waals surface area contributed by atoms with E-state index in [1.54, 1.807) is 6.07 Å². The van der Waals surface area contributed by atoms with Crippen LogP contribution >= 0.6 is 11.6 Å². The molecule has 0 radical (unpaired) electrons. The SMILES string of the molecule is O=C1N[C@@]2(CCc3ccccc32)C(=O)N1Cc1ccccc1Cl. The number of rotatable bonds is 2. The van der Waals surface area contributed by atoms with Gasteiger partial charge >= 0.3 is 6.03 Å². The lowest BCUT2D eigenvalue weighted by Crippen LogP contribution is -2.41. The van der Waals surface area contributed by atoms with Crippen LogP contribution in [0.2, 0.25) is 5.02 Å². The summed E-state index contributed by atoms with van der Waals surface area (Å²) in [5.74, 6) is -0.188. The first kappa shape index (κ1) is 14.3. The van der Waals surface area contributed by atoms with Crippen molar-refractivity contribution in [2.24, 2.45) is 0 Å². The minimum Gasteiger partial charge on any atom is -0.319 e. The fourth-order valence-corrected chi connectivity index (χ4v) is 3.73. The average Bonchev–Trinajstić information content (AvgIpc) is 3.04. The molecule has 2 aromatic carbocycles. The number of benzene rings is 2. The Morgan fingerprint density at radius 1 is 1.09 bits per heavy atom. The molecule has 1 saturated heterocycles. The maximum absolute atomic E-state index is 13.0. The first-order valence-electron chi connectivity index (χ1n) is 7.58. The largest absolute Gasteiger partial charge is 0.325 e. The lowest BCUT2D eigenvalue weighted by atomic mass is 9.92. The number of amides is 3. The van der Waals surface area contributed by atoms with Gasteiger partial charge in [0.1, 0.15) is 5.54 Å². The summed E-state index contributed by atoms with van der Waals surface area (Å²) in [6, 6.07) is 14.7. The molecule has 2 aliphatic rings. The van der Waals surface area contributed by atoms with E-state index >= 15 is 0 Å². The van der Waals surface area contributed by atoms with E-state index in [-0.39, 0.29) is 18.5 Å². The number of urea groups is 1. The standard InChI is InChI=1S/C18H15ClN2O2/c19-15-8-4-2-6-13(15)11-21-16(22)18(20-17(21)23)10-9-12-5-1-3-7-14(12)18/h1-8H,9-11H2,(H,20,23)/t18-/m1/s1. The van der Waals surface area contributed by atoms with Crippen molar-refractivity contribution in [2.45, 2.75) is 24.9 Å². The van der Waals surface area contributed by atoms with Crippen molar-refractivity contribution in [3.63, 3.8) is 0 Å². The van der Waals surface area contributed by atoms with E-state index < -0.39 is 5.54 Å². The predicted molar refractivity (Wildman–Crippen MR) is 87.0 cm³/mol. The van der Waals surface area contributed by atoms with Crippen molar-refractivity contribution in [2.75, 3.05) is 0 Å². The lowest BCUT2D eigenvalue weighted by molar-refractivity contribution is -0.132. The van der Waals surface area contributed by atoms with Crippen molar-refractivity contribution in [3.8, 4) is 0 Å². The number of fused-ring (bicyclic) bond motifs is 2. The molecule has 4 nitrogen and oxygen atoms in total. The highest BCUT2D eigenvalue weighted by molar-refractivity contribution is 6.31. The highest BCUT2D eigenvalue weighted by Gasteiger charge is 2.55. The zero-order valence-corrected chi connectivity index (χ0v) is 13.1. The fraction of sp³-hybridized carbons (Fsp3) is 0.222. The molecule has 0 saturated carbocycles. The second kappa shape index (κ2) is 5.10. The third-order valence-corrected chi connectivity index (χ3v) is 5.08. The number of carbonyl (C=O) groups excluding carboxylic acids is 2. The first-order chi connectivity index (χ1) is 11.1. The van der Waals surface area contributed by atoms with E-state index in [9.17, 15) is 9.59 Å². The van der Waals surface area contributed by atoms with Crippen LogP contribution in [0.5, 0.6) is 0 Å². The van der Waals surface area contributed by atoms with Gasteiger partial charge in [0, 0.05) is 5.02 Å². The van der Waals surface area contributed by atoms with E-state index in [0.717, 1.165) is 23.1 Å². The molecule has 4 rings (SSSR count). The molecular weight excluding hydrogens is 312 g/mol. The molecule has 3 amide bonds. The molecule has 1 aliphatic heterocycles. The molecular formula is C18H15ClN2O2. The van der Waals surface area contributed by atoms with Gasteiger partial charge < -0.3 is 5.32 Å². The van der Waals surface area contributed by atoms with Crippen LogP contribution in [0, 0.1) is 0 Å². The second-order valence-corrected chi connectivity index (χ2v) is 6.38. The van der Waals surface area contributed by atoms with Crippen LogP contribution in [0.1, 0.15) is 23.1 Å². The summed E-state index contributed by atoms with van der Waals surface area (Å²) in [5, 5.41) is 3.48. The van der Waals surface area contributed by atoms with Crippen molar-refractivity contribution >= 4 is 23.5 Å². The Kier molecular flexibility index (Phi) is 3.16. The number of hydrogen-bond acceptors (Lipinski definition) is 2. The summed E-state index contributed by atoms with van der Waals surface area (Å²) in [4.78, 5) is 26.7. The second-order valence-electron chi connectivity index (χ2n) is 5.98. The van der Waals surface area contributed by atoms with Gasteiger partial charge in [-0.25, -0.2) is 4.79 Å². The Hall–Kier alpha value is -2.33. The summed E-state index contributed by atoms with van der Waals surface area (Å²) >= 11 is 6.16. The van der Waals surface area contributed by atoms with Crippen molar-refractivity contribution in [3.05, 3.63) is 70.2 Å². The number of imide groups is 1. The number of nitrogens with one attached hydrogen (secondary N) is 1. The minimum absolute atomic E-state index is 0.188. The Bertz CT molecular complexity index is 820. The summed E-state index contributed by atoms with van der Waals surface area (Å²) in [5.41, 5.74) is 1.90. The van der Waals surface area contributed by atoms with Crippen molar-refractivity contribution < 1.29 is 9.59 Å². The van der Waals surface area contributed by atoms with E-state index in [4.69, 9.17) is 11.6 Å². The first-order valence-corrected chi connectivity index (χ1v) is 7.95. The Morgan fingerprint density at radius 2 is 1.83 bits per heavy atom. The van der Waals surface area contributed by atoms with Gasteiger partial charge in [-0.1, -0.05) is 54.1 Å². The van der Waals surface area contributed by atoms with Crippen LogP contribution < -0.4 is 5.32 Å². The van der Waals surface area contributed by atoms with Crippen LogP contribution in [-0.2, 0) is 23.3 Å². The summed E-state index contributed by atoms with van der Waals surface area (Å²) < 4.78 is 0. The van der Waals surface area contributed by atoms with Crippen LogP contribution in [0.4, 0.5) is 4.79 Å². The van der Waals surface area contributed by atoms with Gasteiger partial charge in [-0.2, -0.15) is 0 Å². The molecule has 0 bridgehead atoms. The van der Waals surface area contributed by atoms with Gasteiger partial charge in [0.25, 0.3) is 5.91 Å². The summed E-state index contributed by atoms with van der Waals surface area (Å²) in [7, 11) is 0. The van der Waals surface area contributed by atoms with E-state index in [0.29, 0.717) is 11.4 Å². The Morgan fingerprint density at radius 3 is 2.65 bits per heavy atom. The predicted octanol–water partition coefficient (Wildman–Crippen LogP) is 3.23. The van der Waals surface area contributed by atoms with Gasteiger partial charge in [-0.15, -0.1) is 0 Å². The number of hydrogen-bond donors (Lipinski definition) is 1. The molecule has 1 atom stereocenters. The van der Waals surface area contributed by atoms with Gasteiger partial charge in [0.15, 0.2) is 0 Å². The molecule has 1 spiro atoms. The Labute approximate surface area is 139 Å². The van der Waals surface area contributed by atoms with Gasteiger partial charge in [-0.05, 0) is 35.6 Å². The number of nitrogens with zero attached hydrogens (tertiary/aromatic N) is 1. The van der Waals surface area contributed by atoms with Gasteiger partial charge in [-0.3, -0.25) is 9.69 Å². The quantitative estimate of drug-likeness (QED) is 0.861. The smallest absolute Gasteiger partial charge is 0.319 e. The normalized spacial score (nSPS) is 22.6. The zero-order valence-electron chi connectivity index (χ0n) is 12.4. The van der Waals surface area contributed by atoms with Crippen LogP contribution in [0.3, 0.4) is 0 Å². The molecule has 1 aliphatic carbocycles. The molecule has 23 heavy (non-hydrogen) atoms. The van der Waals surface area contributed by atoms with Crippen molar-refractivity contribution in [1.82, 2.24) is 10.2 Å². The Balaban J connectivity index is 1.69. The number of carbonyl (C=O) groups is 2. The summed E-state index contributed by atoms with van der Waals surface area (Å²) in [6.45, 7) is 0.189. The third kappa shape index (κ3) is 2.05. The molecule has 2 aromatic rings. The molecule has 1 N–H and O–H groups in total. The molecule has 1 heterocycles. The average molecular weight is 327 g/mol. The zero-order chi connectivity index (χ0) is 16.0. The minimum atomic E-state index is -0.908. The van der Waals surface area contributed by atoms with Crippen LogP contribution in [0.15, 0.2) is 48.5 Å². The van der Waals surface area contributed by atoms with Gasteiger partial charge in [0.05, 0.1) is 6.54 Å². The molecule has 1 fully saturated rings. The highest BCUT2D eigenvalue weighted by Crippen LogP contribution is 2.41. The van der Waals surface area contributed by atoms with E-state index in [1.807, 2.05) is 42.5 Å². The van der Waals surface area contributed by atoms with Crippen molar-refractivity contribution in [1.29, 1.82) is 0 Å². The maximum Gasteiger partial charge on any atom is 0.325 e. The molecule has 0 unspecified atom stereocenters. The van der Waals surface area contributed by atoms with E-state index in [1.165, 1.54) is 4.90 Å². The summed E-state index contributed by atoms with van der Waals surface area (Å²) in [6.07, 6.45) is 1.40. The topological polar surface area (TPSA) is 49.4 Å². The molecule has 0 aromatic heterocycles.